The highest BCUT2D eigenvalue weighted by Crippen LogP contribution is 2.28. The number of hydrogen-bond acceptors (Lipinski definition) is 2. The normalized spacial score (nSPS) is 21.3. The van der Waals surface area contributed by atoms with Gasteiger partial charge < -0.3 is 9.88 Å². The fourth-order valence-corrected chi connectivity index (χ4v) is 2.07. The minimum atomic E-state index is -0.104. The van der Waals surface area contributed by atoms with Crippen molar-refractivity contribution in [3.8, 4) is 0 Å². The van der Waals surface area contributed by atoms with Crippen molar-refractivity contribution in [2.45, 2.75) is 25.3 Å². The zero-order valence-electron chi connectivity index (χ0n) is 8.48. The first-order valence-electron chi connectivity index (χ1n) is 5.21. The lowest BCUT2D eigenvalue weighted by Crippen LogP contribution is -2.32. The van der Waals surface area contributed by atoms with Gasteiger partial charge in [0.2, 0.25) is 12.0 Å². The molecule has 0 saturated carbocycles. The third-order valence-corrected chi connectivity index (χ3v) is 2.87. The van der Waals surface area contributed by atoms with Gasteiger partial charge in [-0.15, -0.1) is 0 Å². The summed E-state index contributed by atoms with van der Waals surface area (Å²) in [6.45, 7) is 0.813. The van der Waals surface area contributed by atoms with Gasteiger partial charge in [-0.3, -0.25) is 9.59 Å². The highest BCUT2D eigenvalue weighted by molar-refractivity contribution is 5.49. The molecule has 1 aliphatic heterocycles. The van der Waals surface area contributed by atoms with Crippen LogP contribution < -0.4 is 5.56 Å². The number of carbonyl (C=O) groups is 1. The highest BCUT2D eigenvalue weighted by atomic mass is 16.1. The number of nitrogens with zero attached hydrogens (tertiary/aromatic N) is 1. The van der Waals surface area contributed by atoms with Crippen LogP contribution in [0.5, 0.6) is 0 Å². The Morgan fingerprint density at radius 3 is 2.93 bits per heavy atom. The maximum atomic E-state index is 10.9. The third-order valence-electron chi connectivity index (χ3n) is 2.87. The number of aromatic amines is 1. The molecule has 1 aromatic rings. The van der Waals surface area contributed by atoms with Crippen LogP contribution in [0.15, 0.2) is 23.1 Å². The number of rotatable bonds is 2. The van der Waals surface area contributed by atoms with E-state index in [-0.39, 0.29) is 11.6 Å². The minimum Gasteiger partial charge on any atom is -0.338 e. The molecule has 0 aliphatic carbocycles. The van der Waals surface area contributed by atoms with Gasteiger partial charge in [-0.05, 0) is 24.8 Å². The Morgan fingerprint density at radius 1 is 1.40 bits per heavy atom. The van der Waals surface area contributed by atoms with Crippen molar-refractivity contribution in [2.75, 3.05) is 6.54 Å². The van der Waals surface area contributed by atoms with Gasteiger partial charge in [0.15, 0.2) is 0 Å². The standard InChI is InChI=1S/C11H14N2O2/c14-8-13-6-2-1-3-10(13)9-4-5-11(15)12-7-9/h4-5,7-8,10H,1-3,6H2,(H,12,15). The Labute approximate surface area is 87.9 Å². The molecule has 1 unspecified atom stereocenters. The summed E-state index contributed by atoms with van der Waals surface area (Å²) in [6, 6.07) is 3.44. The maximum absolute atomic E-state index is 10.9. The van der Waals surface area contributed by atoms with Crippen molar-refractivity contribution in [1.29, 1.82) is 0 Å². The summed E-state index contributed by atoms with van der Waals surface area (Å²) in [6.07, 6.45) is 5.78. The second kappa shape index (κ2) is 4.29. The largest absolute Gasteiger partial charge is 0.338 e. The molecule has 0 bridgehead atoms. The zero-order valence-corrected chi connectivity index (χ0v) is 8.48. The molecule has 1 aliphatic rings. The molecular weight excluding hydrogens is 192 g/mol. The lowest BCUT2D eigenvalue weighted by molar-refractivity contribution is -0.121. The predicted octanol–water partition coefficient (Wildman–Crippen LogP) is 1.06. The van der Waals surface area contributed by atoms with E-state index in [9.17, 15) is 9.59 Å². The highest BCUT2D eigenvalue weighted by Gasteiger charge is 2.22. The molecule has 1 atom stereocenters. The van der Waals surface area contributed by atoms with Crippen LogP contribution in [0, 0.1) is 0 Å². The zero-order chi connectivity index (χ0) is 10.7. The van der Waals surface area contributed by atoms with Crippen LogP contribution in [0.1, 0.15) is 30.9 Å². The van der Waals surface area contributed by atoms with Gasteiger partial charge in [-0.25, -0.2) is 0 Å². The first-order valence-corrected chi connectivity index (χ1v) is 5.21. The summed E-state index contributed by atoms with van der Waals surface area (Å²) in [7, 11) is 0. The molecule has 0 aromatic carbocycles. The van der Waals surface area contributed by atoms with Crippen LogP contribution in [0.25, 0.3) is 0 Å². The summed E-state index contributed by atoms with van der Waals surface area (Å²) < 4.78 is 0. The molecule has 1 N–H and O–H groups in total. The number of likely N-dealkylation sites (tertiary alicyclic amines) is 1. The fraction of sp³-hybridized carbons (Fsp3) is 0.455. The van der Waals surface area contributed by atoms with E-state index in [4.69, 9.17) is 0 Å². The lowest BCUT2D eigenvalue weighted by atomic mass is 9.97. The summed E-state index contributed by atoms with van der Waals surface area (Å²) in [5.74, 6) is 0. The molecule has 0 radical (unpaired) electrons. The monoisotopic (exact) mass is 206 g/mol. The van der Waals surface area contributed by atoms with Crippen LogP contribution >= 0.6 is 0 Å². The van der Waals surface area contributed by atoms with Crippen LogP contribution in [0.4, 0.5) is 0 Å². The Balaban J connectivity index is 2.23. The molecule has 4 nitrogen and oxygen atoms in total. The van der Waals surface area contributed by atoms with E-state index in [1.54, 1.807) is 17.2 Å². The number of aromatic nitrogens is 1. The first-order chi connectivity index (χ1) is 7.31. The van der Waals surface area contributed by atoms with Crippen molar-refractivity contribution < 1.29 is 4.79 Å². The SMILES string of the molecule is O=CN1CCCCC1c1ccc(=O)[nH]c1. The number of carbonyl (C=O) groups excluding carboxylic acids is 1. The molecular formula is C11H14N2O2. The average molecular weight is 206 g/mol. The molecule has 1 aromatic heterocycles. The summed E-state index contributed by atoms with van der Waals surface area (Å²) in [5.41, 5.74) is 0.911. The van der Waals surface area contributed by atoms with E-state index >= 15 is 0 Å². The number of nitrogens with one attached hydrogen (secondary N) is 1. The second-order valence-corrected chi connectivity index (χ2v) is 3.84. The molecule has 2 rings (SSSR count). The fourth-order valence-electron chi connectivity index (χ4n) is 2.07. The topological polar surface area (TPSA) is 53.2 Å². The molecule has 80 valence electrons. The number of amides is 1. The smallest absolute Gasteiger partial charge is 0.247 e. The van der Waals surface area contributed by atoms with Crippen molar-refractivity contribution >= 4 is 6.41 Å². The first kappa shape index (κ1) is 9.96. The number of H-pyrrole nitrogens is 1. The van der Waals surface area contributed by atoms with Crippen molar-refractivity contribution in [1.82, 2.24) is 9.88 Å². The van der Waals surface area contributed by atoms with E-state index in [1.807, 2.05) is 0 Å². The van der Waals surface area contributed by atoms with Crippen LogP contribution in [0.2, 0.25) is 0 Å². The number of pyridine rings is 1. The molecule has 1 amide bonds. The Hall–Kier alpha value is -1.58. The summed E-state index contributed by atoms with van der Waals surface area (Å²) >= 11 is 0. The van der Waals surface area contributed by atoms with E-state index in [0.29, 0.717) is 0 Å². The van der Waals surface area contributed by atoms with E-state index in [1.165, 1.54) is 6.07 Å². The van der Waals surface area contributed by atoms with Gasteiger partial charge in [0.05, 0.1) is 6.04 Å². The Morgan fingerprint density at radius 2 is 2.27 bits per heavy atom. The van der Waals surface area contributed by atoms with E-state index in [2.05, 4.69) is 4.98 Å². The lowest BCUT2D eigenvalue weighted by Gasteiger charge is -2.32. The van der Waals surface area contributed by atoms with Crippen molar-refractivity contribution in [2.24, 2.45) is 0 Å². The molecule has 15 heavy (non-hydrogen) atoms. The van der Waals surface area contributed by atoms with Gasteiger partial charge >= 0.3 is 0 Å². The minimum absolute atomic E-state index is 0.104. The second-order valence-electron chi connectivity index (χ2n) is 3.84. The van der Waals surface area contributed by atoms with Gasteiger partial charge in [0.1, 0.15) is 0 Å². The molecule has 0 spiro atoms. The maximum Gasteiger partial charge on any atom is 0.247 e. The summed E-state index contributed by atoms with van der Waals surface area (Å²) in [5, 5.41) is 0. The summed E-state index contributed by atoms with van der Waals surface area (Å²) in [4.78, 5) is 26.2. The van der Waals surface area contributed by atoms with Gasteiger partial charge in [0, 0.05) is 18.8 Å². The van der Waals surface area contributed by atoms with Gasteiger partial charge in [0.25, 0.3) is 0 Å². The molecule has 1 saturated heterocycles. The van der Waals surface area contributed by atoms with E-state index < -0.39 is 0 Å². The average Bonchev–Trinajstić information content (AvgIpc) is 2.30. The molecule has 1 fully saturated rings. The molecule has 4 heteroatoms. The molecule has 2 heterocycles. The third kappa shape index (κ3) is 2.09. The predicted molar refractivity (Wildman–Crippen MR) is 56.4 cm³/mol. The quantitative estimate of drug-likeness (QED) is 0.735. The number of piperidine rings is 1. The van der Waals surface area contributed by atoms with Crippen LogP contribution in [0.3, 0.4) is 0 Å². The van der Waals surface area contributed by atoms with Crippen LogP contribution in [-0.4, -0.2) is 22.8 Å². The van der Waals surface area contributed by atoms with Gasteiger partial charge in [-0.2, -0.15) is 0 Å². The number of hydrogen-bond donors (Lipinski definition) is 1. The van der Waals surface area contributed by atoms with Crippen molar-refractivity contribution in [3.63, 3.8) is 0 Å². The van der Waals surface area contributed by atoms with Crippen LogP contribution in [-0.2, 0) is 4.79 Å². The Kier molecular flexibility index (Phi) is 2.85. The van der Waals surface area contributed by atoms with Crippen molar-refractivity contribution in [3.05, 3.63) is 34.2 Å². The Bertz CT molecular complexity index is 379. The van der Waals surface area contributed by atoms with E-state index in [0.717, 1.165) is 37.8 Å². The van der Waals surface area contributed by atoms with Gasteiger partial charge in [-0.1, -0.05) is 6.07 Å².